The highest BCUT2D eigenvalue weighted by Gasteiger charge is 2.02. The van der Waals surface area contributed by atoms with Crippen LogP contribution in [0.2, 0.25) is 0 Å². The summed E-state index contributed by atoms with van der Waals surface area (Å²) in [5, 5.41) is 4.38. The molecule has 0 fully saturated rings. The Morgan fingerprint density at radius 1 is 1.57 bits per heavy atom. The van der Waals surface area contributed by atoms with Gasteiger partial charge in [-0.25, -0.2) is 9.50 Å². The number of nitrogens with zero attached hydrogens (tertiary/aromatic N) is 3. The molecular weight excluding hydrogens is 176 g/mol. The predicted octanol–water partition coefficient (Wildman–Crippen LogP) is 1.01. The molecule has 2 aromatic heterocycles. The molecule has 4 heteroatoms. The molecule has 0 aromatic carbocycles. The van der Waals surface area contributed by atoms with Crippen molar-refractivity contribution in [1.82, 2.24) is 14.6 Å². The van der Waals surface area contributed by atoms with Gasteiger partial charge in [0.1, 0.15) is 0 Å². The van der Waals surface area contributed by atoms with Gasteiger partial charge in [-0.1, -0.05) is 0 Å². The van der Waals surface area contributed by atoms with Gasteiger partial charge in [0, 0.05) is 24.5 Å². The number of fused-ring (bicyclic) bond motifs is 1. The number of hydrogen-bond acceptors (Lipinski definition) is 3. The van der Waals surface area contributed by atoms with Crippen molar-refractivity contribution in [2.45, 2.75) is 25.8 Å². The molecule has 2 heterocycles. The standard InChI is InChI=1S/C10H14N4/c1-8(11)3-4-9-7-10-12-5-2-6-14(10)13-9/h2,5-8H,3-4,11H2,1H3/t8-/m0/s1. The van der Waals surface area contributed by atoms with Gasteiger partial charge in [-0.15, -0.1) is 0 Å². The van der Waals surface area contributed by atoms with Crippen molar-refractivity contribution >= 4 is 5.65 Å². The number of nitrogens with two attached hydrogens (primary N) is 1. The van der Waals surface area contributed by atoms with Crippen LogP contribution in [0.3, 0.4) is 0 Å². The minimum atomic E-state index is 0.229. The van der Waals surface area contributed by atoms with E-state index in [1.807, 2.05) is 25.3 Å². The Kier molecular flexibility index (Phi) is 2.45. The van der Waals surface area contributed by atoms with Gasteiger partial charge in [0.15, 0.2) is 5.65 Å². The summed E-state index contributed by atoms with van der Waals surface area (Å²) in [6.07, 6.45) is 5.55. The molecular formula is C10H14N4. The SMILES string of the molecule is C[C@H](N)CCc1cc2ncccn2n1. The topological polar surface area (TPSA) is 56.2 Å². The lowest BCUT2D eigenvalue weighted by Crippen LogP contribution is -2.15. The average molecular weight is 190 g/mol. The Morgan fingerprint density at radius 2 is 2.43 bits per heavy atom. The summed E-state index contributed by atoms with van der Waals surface area (Å²) in [6, 6.07) is 4.10. The van der Waals surface area contributed by atoms with Crippen LogP contribution < -0.4 is 5.73 Å². The van der Waals surface area contributed by atoms with Crippen molar-refractivity contribution in [2.24, 2.45) is 5.73 Å². The largest absolute Gasteiger partial charge is 0.328 e. The van der Waals surface area contributed by atoms with Crippen LogP contribution in [0.4, 0.5) is 0 Å². The summed E-state index contributed by atoms with van der Waals surface area (Å²) < 4.78 is 1.79. The zero-order chi connectivity index (χ0) is 9.97. The van der Waals surface area contributed by atoms with Gasteiger partial charge >= 0.3 is 0 Å². The molecule has 0 aliphatic carbocycles. The molecule has 0 bridgehead atoms. The van der Waals surface area contributed by atoms with Crippen LogP contribution >= 0.6 is 0 Å². The van der Waals surface area contributed by atoms with E-state index in [0.717, 1.165) is 24.2 Å². The van der Waals surface area contributed by atoms with Gasteiger partial charge in [0.2, 0.25) is 0 Å². The fourth-order valence-electron chi connectivity index (χ4n) is 1.38. The third kappa shape index (κ3) is 1.90. The Labute approximate surface area is 82.8 Å². The molecule has 0 aliphatic rings. The van der Waals surface area contributed by atoms with Gasteiger partial charge < -0.3 is 5.73 Å². The van der Waals surface area contributed by atoms with Crippen molar-refractivity contribution < 1.29 is 0 Å². The summed E-state index contributed by atoms with van der Waals surface area (Å²) in [4.78, 5) is 4.20. The highest BCUT2D eigenvalue weighted by Crippen LogP contribution is 2.05. The van der Waals surface area contributed by atoms with Crippen LogP contribution in [0.15, 0.2) is 24.5 Å². The first kappa shape index (κ1) is 9.15. The molecule has 1 atom stereocenters. The molecule has 0 amide bonds. The molecule has 0 spiro atoms. The van der Waals surface area contributed by atoms with E-state index in [1.165, 1.54) is 0 Å². The first-order valence-corrected chi connectivity index (χ1v) is 4.80. The van der Waals surface area contributed by atoms with Crippen LogP contribution in [0.25, 0.3) is 5.65 Å². The van der Waals surface area contributed by atoms with E-state index in [1.54, 1.807) is 10.7 Å². The Balaban J connectivity index is 2.19. The summed E-state index contributed by atoms with van der Waals surface area (Å²) >= 11 is 0. The summed E-state index contributed by atoms with van der Waals surface area (Å²) in [5.74, 6) is 0. The van der Waals surface area contributed by atoms with E-state index >= 15 is 0 Å². The maximum Gasteiger partial charge on any atom is 0.155 e. The maximum atomic E-state index is 5.68. The van der Waals surface area contributed by atoms with E-state index in [4.69, 9.17) is 5.73 Å². The molecule has 0 saturated heterocycles. The molecule has 4 nitrogen and oxygen atoms in total. The first-order chi connectivity index (χ1) is 6.75. The van der Waals surface area contributed by atoms with Crippen LogP contribution in [0.1, 0.15) is 19.0 Å². The van der Waals surface area contributed by atoms with Crippen molar-refractivity contribution in [2.75, 3.05) is 0 Å². The zero-order valence-electron chi connectivity index (χ0n) is 8.22. The minimum Gasteiger partial charge on any atom is -0.328 e. The Bertz CT molecular complexity index is 386. The van der Waals surface area contributed by atoms with Crippen molar-refractivity contribution in [1.29, 1.82) is 0 Å². The second kappa shape index (κ2) is 3.75. The number of rotatable bonds is 3. The molecule has 2 aromatic rings. The molecule has 0 radical (unpaired) electrons. The normalized spacial score (nSPS) is 13.3. The second-order valence-electron chi connectivity index (χ2n) is 3.57. The molecule has 2 rings (SSSR count). The van der Waals surface area contributed by atoms with Gasteiger partial charge in [-0.3, -0.25) is 0 Å². The monoisotopic (exact) mass is 190 g/mol. The number of hydrogen-bond donors (Lipinski definition) is 1. The number of aromatic nitrogens is 3. The van der Waals surface area contributed by atoms with E-state index < -0.39 is 0 Å². The van der Waals surface area contributed by atoms with Gasteiger partial charge in [-0.05, 0) is 25.8 Å². The predicted molar refractivity (Wildman–Crippen MR) is 55.0 cm³/mol. The maximum absolute atomic E-state index is 5.68. The second-order valence-corrected chi connectivity index (χ2v) is 3.57. The van der Waals surface area contributed by atoms with Gasteiger partial charge in [0.25, 0.3) is 0 Å². The van der Waals surface area contributed by atoms with Crippen molar-refractivity contribution in [3.8, 4) is 0 Å². The molecule has 2 N–H and O–H groups in total. The van der Waals surface area contributed by atoms with E-state index in [2.05, 4.69) is 10.1 Å². The minimum absolute atomic E-state index is 0.229. The third-order valence-corrected chi connectivity index (χ3v) is 2.14. The first-order valence-electron chi connectivity index (χ1n) is 4.80. The molecule has 14 heavy (non-hydrogen) atoms. The molecule has 0 saturated carbocycles. The third-order valence-electron chi connectivity index (χ3n) is 2.14. The van der Waals surface area contributed by atoms with Crippen LogP contribution in [-0.2, 0) is 6.42 Å². The Morgan fingerprint density at radius 3 is 3.14 bits per heavy atom. The van der Waals surface area contributed by atoms with Gasteiger partial charge in [0.05, 0.1) is 5.69 Å². The van der Waals surface area contributed by atoms with Crippen LogP contribution in [0.5, 0.6) is 0 Å². The summed E-state index contributed by atoms with van der Waals surface area (Å²) in [6.45, 7) is 2.01. The summed E-state index contributed by atoms with van der Waals surface area (Å²) in [7, 11) is 0. The van der Waals surface area contributed by atoms with E-state index in [0.29, 0.717) is 0 Å². The molecule has 0 aliphatic heterocycles. The molecule has 0 unspecified atom stereocenters. The average Bonchev–Trinajstić information content (AvgIpc) is 2.57. The Hall–Kier alpha value is -1.42. The fraction of sp³-hybridized carbons (Fsp3) is 0.400. The van der Waals surface area contributed by atoms with E-state index in [-0.39, 0.29) is 6.04 Å². The number of aryl methyl sites for hydroxylation is 1. The lowest BCUT2D eigenvalue weighted by atomic mass is 10.1. The van der Waals surface area contributed by atoms with E-state index in [9.17, 15) is 0 Å². The quantitative estimate of drug-likeness (QED) is 0.785. The van der Waals surface area contributed by atoms with Crippen LogP contribution in [-0.4, -0.2) is 20.6 Å². The van der Waals surface area contributed by atoms with Crippen molar-refractivity contribution in [3.63, 3.8) is 0 Å². The summed E-state index contributed by atoms with van der Waals surface area (Å²) in [5.41, 5.74) is 7.64. The molecule has 74 valence electrons. The zero-order valence-corrected chi connectivity index (χ0v) is 8.22. The lowest BCUT2D eigenvalue weighted by molar-refractivity contribution is 0.654. The highest BCUT2D eigenvalue weighted by atomic mass is 15.2. The lowest BCUT2D eigenvalue weighted by Gasteiger charge is -2.00. The van der Waals surface area contributed by atoms with Crippen LogP contribution in [0, 0.1) is 0 Å². The fourth-order valence-corrected chi connectivity index (χ4v) is 1.38. The van der Waals surface area contributed by atoms with Crippen molar-refractivity contribution in [3.05, 3.63) is 30.2 Å². The van der Waals surface area contributed by atoms with Gasteiger partial charge in [-0.2, -0.15) is 5.10 Å². The highest BCUT2D eigenvalue weighted by molar-refractivity contribution is 5.38. The smallest absolute Gasteiger partial charge is 0.155 e.